The van der Waals surface area contributed by atoms with Gasteiger partial charge in [0.2, 0.25) is 5.91 Å². The highest BCUT2D eigenvalue weighted by Gasteiger charge is 2.40. The third-order valence-corrected chi connectivity index (χ3v) is 7.34. The Morgan fingerprint density at radius 1 is 0.889 bits per heavy atom. The molecule has 1 aliphatic rings. The van der Waals surface area contributed by atoms with Gasteiger partial charge in [-0.3, -0.25) is 9.59 Å². The number of benzene rings is 3. The maximum absolute atomic E-state index is 14.0. The predicted octanol–water partition coefficient (Wildman–Crippen LogP) is 7.14. The number of hydrogen-bond donors (Lipinski definition) is 1. The molecule has 36 heavy (non-hydrogen) atoms. The molecule has 1 unspecified atom stereocenters. The molecule has 1 heterocycles. The molecule has 3 aromatic carbocycles. The fourth-order valence-electron chi connectivity index (χ4n) is 5.27. The van der Waals surface area contributed by atoms with Gasteiger partial charge >= 0.3 is 0 Å². The van der Waals surface area contributed by atoms with Gasteiger partial charge in [0, 0.05) is 17.8 Å². The summed E-state index contributed by atoms with van der Waals surface area (Å²) < 4.78 is 0. The van der Waals surface area contributed by atoms with E-state index in [0.29, 0.717) is 6.54 Å². The van der Waals surface area contributed by atoms with E-state index in [4.69, 9.17) is 0 Å². The summed E-state index contributed by atoms with van der Waals surface area (Å²) in [4.78, 5) is 29.7. The van der Waals surface area contributed by atoms with Gasteiger partial charge in [0.1, 0.15) is 0 Å². The number of carbonyl (C=O) groups excluding carboxylic acids is 2. The quantitative estimate of drug-likeness (QED) is 0.430. The summed E-state index contributed by atoms with van der Waals surface area (Å²) in [6.45, 7) is 13.2. The van der Waals surface area contributed by atoms with Gasteiger partial charge < -0.3 is 10.2 Å². The Balaban J connectivity index is 1.70. The second-order valence-corrected chi connectivity index (χ2v) is 11.2. The molecule has 4 nitrogen and oxygen atoms in total. The molecule has 188 valence electrons. The van der Waals surface area contributed by atoms with Crippen LogP contribution >= 0.6 is 0 Å². The van der Waals surface area contributed by atoms with Crippen LogP contribution in [0.4, 0.5) is 5.69 Å². The van der Waals surface area contributed by atoms with Crippen LogP contribution in [0.15, 0.2) is 66.7 Å². The van der Waals surface area contributed by atoms with Crippen LogP contribution in [0.25, 0.3) is 0 Å². The molecule has 2 amide bonds. The van der Waals surface area contributed by atoms with Gasteiger partial charge in [-0.1, -0.05) is 80.9 Å². The smallest absolute Gasteiger partial charge is 0.254 e. The summed E-state index contributed by atoms with van der Waals surface area (Å²) in [7, 11) is 0. The first-order valence-electron chi connectivity index (χ1n) is 12.9. The second kappa shape index (κ2) is 10.3. The van der Waals surface area contributed by atoms with Gasteiger partial charge in [-0.15, -0.1) is 0 Å². The Morgan fingerprint density at radius 3 is 2.17 bits per heavy atom. The minimum atomic E-state index is -0.340. The molecule has 0 spiro atoms. The summed E-state index contributed by atoms with van der Waals surface area (Å²) >= 11 is 0. The van der Waals surface area contributed by atoms with Crippen molar-refractivity contribution >= 4 is 17.5 Å². The van der Waals surface area contributed by atoms with Crippen molar-refractivity contribution in [2.75, 3.05) is 11.9 Å². The van der Waals surface area contributed by atoms with Crippen LogP contribution in [-0.4, -0.2) is 23.3 Å². The Kier molecular flexibility index (Phi) is 7.35. The minimum absolute atomic E-state index is 0.00315. The molecule has 1 fully saturated rings. The fourth-order valence-corrected chi connectivity index (χ4v) is 5.27. The number of amides is 2. The highest BCUT2D eigenvalue weighted by Crippen LogP contribution is 2.39. The van der Waals surface area contributed by atoms with E-state index >= 15 is 0 Å². The summed E-state index contributed by atoms with van der Waals surface area (Å²) in [6, 6.07) is 22.0. The molecule has 0 radical (unpaired) electrons. The summed E-state index contributed by atoms with van der Waals surface area (Å²) in [5.74, 6) is -0.373. The topological polar surface area (TPSA) is 49.4 Å². The van der Waals surface area contributed by atoms with Crippen LogP contribution < -0.4 is 5.32 Å². The molecule has 1 N–H and O–H groups in total. The average Bonchev–Trinajstić information content (AvgIpc) is 2.83. The van der Waals surface area contributed by atoms with Gasteiger partial charge in [0.25, 0.3) is 5.91 Å². The maximum atomic E-state index is 14.0. The number of likely N-dealkylation sites (tertiary alicyclic amines) is 1. The minimum Gasteiger partial charge on any atom is -0.331 e. The lowest BCUT2D eigenvalue weighted by atomic mass is 9.82. The molecular weight excluding hydrogens is 444 g/mol. The molecule has 4 rings (SSSR count). The zero-order valence-electron chi connectivity index (χ0n) is 22.4. The molecule has 4 heteroatoms. The maximum Gasteiger partial charge on any atom is 0.254 e. The predicted molar refractivity (Wildman–Crippen MR) is 147 cm³/mol. The monoisotopic (exact) mass is 482 g/mol. The van der Waals surface area contributed by atoms with Crippen molar-refractivity contribution in [3.63, 3.8) is 0 Å². The van der Waals surface area contributed by atoms with E-state index in [-0.39, 0.29) is 29.2 Å². The number of nitrogens with zero attached hydrogens (tertiary/aromatic N) is 1. The highest BCUT2D eigenvalue weighted by molar-refractivity contribution is 5.99. The molecule has 3 aromatic rings. The zero-order chi connectivity index (χ0) is 26.0. The highest BCUT2D eigenvalue weighted by atomic mass is 16.2. The molecule has 0 bridgehead atoms. The van der Waals surface area contributed by atoms with E-state index in [1.807, 2.05) is 49.1 Å². The van der Waals surface area contributed by atoms with Crippen molar-refractivity contribution in [3.05, 3.63) is 100 Å². The third kappa shape index (κ3) is 5.38. The Bertz CT molecular complexity index is 1230. The van der Waals surface area contributed by atoms with Crippen molar-refractivity contribution in [1.82, 2.24) is 4.90 Å². The number of anilines is 1. The van der Waals surface area contributed by atoms with Crippen LogP contribution in [-0.2, 0) is 10.2 Å². The normalized spacial score (nSPS) is 18.1. The van der Waals surface area contributed by atoms with Gasteiger partial charge in [-0.25, -0.2) is 0 Å². The SMILES string of the molecule is Cc1ccc(C2[C@@H](C(=O)Nc3cccc(C(C)(C)C)c3)CCCN2C(=O)c2c(C)cccc2C)cc1. The second-order valence-electron chi connectivity index (χ2n) is 11.2. The number of nitrogens with one attached hydrogen (secondary N) is 1. The first-order chi connectivity index (χ1) is 17.1. The van der Waals surface area contributed by atoms with Crippen molar-refractivity contribution in [2.45, 2.75) is 65.8 Å². The van der Waals surface area contributed by atoms with E-state index < -0.39 is 0 Å². The van der Waals surface area contributed by atoms with Gasteiger partial charge in [0.15, 0.2) is 0 Å². The van der Waals surface area contributed by atoms with Crippen molar-refractivity contribution < 1.29 is 9.59 Å². The first kappa shape index (κ1) is 25.7. The Labute approximate surface area is 215 Å². The lowest BCUT2D eigenvalue weighted by Gasteiger charge is -2.41. The third-order valence-electron chi connectivity index (χ3n) is 7.34. The van der Waals surface area contributed by atoms with Gasteiger partial charge in [-0.2, -0.15) is 0 Å². The van der Waals surface area contributed by atoms with Gasteiger partial charge in [0.05, 0.1) is 12.0 Å². The Hall–Kier alpha value is -3.40. The molecule has 0 aliphatic carbocycles. The first-order valence-corrected chi connectivity index (χ1v) is 12.9. The number of piperidine rings is 1. The van der Waals surface area contributed by atoms with E-state index in [0.717, 1.165) is 46.3 Å². The molecule has 0 aromatic heterocycles. The molecule has 0 saturated carbocycles. The van der Waals surface area contributed by atoms with Crippen LogP contribution in [0.1, 0.15) is 77.8 Å². The summed E-state index contributed by atoms with van der Waals surface area (Å²) in [5.41, 5.74) is 6.80. The van der Waals surface area contributed by atoms with Crippen LogP contribution in [0.3, 0.4) is 0 Å². The molecule has 2 atom stereocenters. The van der Waals surface area contributed by atoms with E-state index in [2.05, 4.69) is 69.4 Å². The van der Waals surface area contributed by atoms with Crippen molar-refractivity contribution in [3.8, 4) is 0 Å². The van der Waals surface area contributed by atoms with Crippen LogP contribution in [0, 0.1) is 26.7 Å². The standard InChI is InChI=1S/C32H38N2O2/c1-21-15-17-24(18-16-21)29-27(30(35)33-26-13-8-12-25(20-26)32(4,5)6)14-9-19-34(29)31(36)28-22(2)10-7-11-23(28)3/h7-8,10-13,15-18,20,27,29H,9,14,19H2,1-6H3,(H,33,35)/t27-,29?/m0/s1. The summed E-state index contributed by atoms with van der Waals surface area (Å²) in [5, 5.41) is 3.18. The number of aryl methyl sites for hydroxylation is 3. The molecule has 1 saturated heterocycles. The van der Waals surface area contributed by atoms with Crippen LogP contribution in [0.2, 0.25) is 0 Å². The fraction of sp³-hybridized carbons (Fsp3) is 0.375. The van der Waals surface area contributed by atoms with Crippen molar-refractivity contribution in [1.29, 1.82) is 0 Å². The summed E-state index contributed by atoms with van der Waals surface area (Å²) in [6.07, 6.45) is 1.53. The lowest BCUT2D eigenvalue weighted by molar-refractivity contribution is -0.123. The van der Waals surface area contributed by atoms with Gasteiger partial charge in [-0.05, 0) is 73.4 Å². The van der Waals surface area contributed by atoms with E-state index in [9.17, 15) is 9.59 Å². The number of rotatable bonds is 4. The largest absolute Gasteiger partial charge is 0.331 e. The molecular formula is C32H38N2O2. The van der Waals surface area contributed by atoms with E-state index in [1.165, 1.54) is 5.56 Å². The van der Waals surface area contributed by atoms with Crippen molar-refractivity contribution in [2.24, 2.45) is 5.92 Å². The Morgan fingerprint density at radius 2 is 1.53 bits per heavy atom. The number of carbonyl (C=O) groups is 2. The number of hydrogen-bond acceptors (Lipinski definition) is 2. The van der Waals surface area contributed by atoms with E-state index in [1.54, 1.807) is 0 Å². The molecule has 1 aliphatic heterocycles. The zero-order valence-corrected chi connectivity index (χ0v) is 22.4. The average molecular weight is 483 g/mol. The van der Waals surface area contributed by atoms with Crippen LogP contribution in [0.5, 0.6) is 0 Å². The lowest BCUT2D eigenvalue weighted by Crippen LogP contribution is -2.46.